The fourth-order valence-electron chi connectivity index (χ4n) is 3.27. The number of benzene rings is 2. The van der Waals surface area contributed by atoms with Crippen molar-refractivity contribution in [1.82, 2.24) is 14.3 Å². The van der Waals surface area contributed by atoms with Gasteiger partial charge in [-0.2, -0.15) is 13.2 Å². The predicted molar refractivity (Wildman–Crippen MR) is 112 cm³/mol. The van der Waals surface area contributed by atoms with Crippen molar-refractivity contribution < 1.29 is 17.9 Å². The Morgan fingerprint density at radius 3 is 2.57 bits per heavy atom. The molecule has 1 N–H and O–H groups in total. The quantitative estimate of drug-likeness (QED) is 0.462. The van der Waals surface area contributed by atoms with Gasteiger partial charge in [0.15, 0.2) is 0 Å². The number of aryl methyl sites for hydroxylation is 2. The number of imidazole rings is 1. The van der Waals surface area contributed by atoms with Gasteiger partial charge >= 0.3 is 6.18 Å². The molecule has 0 aliphatic carbocycles. The maximum Gasteiger partial charge on any atom is 0.416 e. The van der Waals surface area contributed by atoms with Crippen molar-refractivity contribution in [3.63, 3.8) is 0 Å². The van der Waals surface area contributed by atoms with Gasteiger partial charge in [0.25, 0.3) is 0 Å². The molecule has 0 fully saturated rings. The third-order valence-electron chi connectivity index (χ3n) is 4.71. The van der Waals surface area contributed by atoms with E-state index in [9.17, 15) is 13.2 Å². The van der Waals surface area contributed by atoms with Crippen molar-refractivity contribution in [2.24, 2.45) is 0 Å². The van der Waals surface area contributed by atoms with Crippen LogP contribution in [-0.4, -0.2) is 15.6 Å². The summed E-state index contributed by atoms with van der Waals surface area (Å²) in [5.41, 5.74) is 0.915. The van der Waals surface area contributed by atoms with Crippen molar-refractivity contribution in [2.75, 3.05) is 0 Å². The normalized spacial score (nSPS) is 13.7. The Kier molecular flexibility index (Phi) is 5.79. The smallest absolute Gasteiger partial charge is 0.416 e. The Hall–Kier alpha value is -2.45. The maximum atomic E-state index is 12.8. The van der Waals surface area contributed by atoms with Crippen LogP contribution in [0.3, 0.4) is 0 Å². The number of ether oxygens (including phenoxy) is 1. The summed E-state index contributed by atoms with van der Waals surface area (Å²) in [7, 11) is 0. The molecule has 1 aliphatic rings. The number of aromatic nitrogens is 2. The summed E-state index contributed by atoms with van der Waals surface area (Å²) < 4.78 is 49.9. The topological polar surface area (TPSA) is 39.1 Å². The molecule has 8 heteroatoms. The second-order valence-corrected chi connectivity index (χ2v) is 8.41. The standard InChI is InChI=1S/C22H22F3N3OS/c1-14(2)27-30-17-9-10-20(29-16-7-5-15(6-8-16)22(23,24)25)18(12-17)19-13-28-11-3-4-21(28)26-19/h5-10,12-14,27H,3-4,11H2,1-2H3. The Morgan fingerprint density at radius 1 is 1.13 bits per heavy atom. The van der Waals surface area contributed by atoms with Crippen molar-refractivity contribution in [1.29, 1.82) is 0 Å². The van der Waals surface area contributed by atoms with E-state index >= 15 is 0 Å². The van der Waals surface area contributed by atoms with Crippen molar-refractivity contribution in [2.45, 2.75) is 50.3 Å². The van der Waals surface area contributed by atoms with Gasteiger partial charge in [-0.1, -0.05) is 0 Å². The van der Waals surface area contributed by atoms with Crippen LogP contribution in [0.2, 0.25) is 0 Å². The highest BCUT2D eigenvalue weighted by Crippen LogP contribution is 2.37. The second kappa shape index (κ2) is 8.35. The molecule has 158 valence electrons. The maximum absolute atomic E-state index is 12.8. The molecule has 1 aliphatic heterocycles. The lowest BCUT2D eigenvalue weighted by atomic mass is 10.1. The van der Waals surface area contributed by atoms with Gasteiger partial charge in [-0.05, 0) is 74.7 Å². The summed E-state index contributed by atoms with van der Waals surface area (Å²) in [4.78, 5) is 5.76. The first-order valence-electron chi connectivity index (χ1n) is 9.77. The van der Waals surface area contributed by atoms with E-state index in [1.54, 1.807) is 0 Å². The van der Waals surface area contributed by atoms with Gasteiger partial charge in [0.05, 0.1) is 11.3 Å². The van der Waals surface area contributed by atoms with E-state index < -0.39 is 11.7 Å². The predicted octanol–water partition coefficient (Wildman–Crippen LogP) is 6.31. The van der Waals surface area contributed by atoms with Crippen LogP contribution in [0.15, 0.2) is 53.6 Å². The van der Waals surface area contributed by atoms with Crippen LogP contribution in [0.1, 0.15) is 31.7 Å². The summed E-state index contributed by atoms with van der Waals surface area (Å²) in [6.07, 6.45) is -0.325. The summed E-state index contributed by atoms with van der Waals surface area (Å²) >= 11 is 1.52. The highest BCUT2D eigenvalue weighted by Gasteiger charge is 2.30. The molecule has 0 amide bonds. The van der Waals surface area contributed by atoms with Gasteiger partial charge in [0.2, 0.25) is 0 Å². The minimum Gasteiger partial charge on any atom is -0.457 e. The zero-order chi connectivity index (χ0) is 21.3. The Bertz CT molecular complexity index is 1010. The van der Waals surface area contributed by atoms with Crippen LogP contribution in [0.25, 0.3) is 11.3 Å². The number of nitrogens with one attached hydrogen (secondary N) is 1. The van der Waals surface area contributed by atoms with Gasteiger partial charge < -0.3 is 9.30 Å². The van der Waals surface area contributed by atoms with E-state index in [0.717, 1.165) is 53.5 Å². The summed E-state index contributed by atoms with van der Waals surface area (Å²) in [5.74, 6) is 1.95. The molecule has 4 rings (SSSR count). The molecule has 0 saturated carbocycles. The number of fused-ring (bicyclic) bond motifs is 1. The lowest BCUT2D eigenvalue weighted by Gasteiger charge is -2.14. The number of rotatable bonds is 6. The summed E-state index contributed by atoms with van der Waals surface area (Å²) in [5, 5.41) is 0. The first-order valence-corrected chi connectivity index (χ1v) is 10.6. The first kappa shape index (κ1) is 20.8. The van der Waals surface area contributed by atoms with Crippen molar-refractivity contribution in [3.05, 3.63) is 60.0 Å². The molecule has 0 atom stereocenters. The van der Waals surface area contributed by atoms with E-state index in [0.29, 0.717) is 17.5 Å². The molecule has 0 bridgehead atoms. The second-order valence-electron chi connectivity index (χ2n) is 7.50. The molecule has 0 spiro atoms. The lowest BCUT2D eigenvalue weighted by Crippen LogP contribution is -2.13. The fraction of sp³-hybridized carbons (Fsp3) is 0.318. The number of hydrogen-bond donors (Lipinski definition) is 1. The van der Waals surface area contributed by atoms with E-state index in [1.165, 1.54) is 24.1 Å². The molecule has 0 unspecified atom stereocenters. The summed E-state index contributed by atoms with van der Waals surface area (Å²) in [6.45, 7) is 5.08. The molecule has 2 heterocycles. The number of alkyl halides is 3. The molecular formula is C22H22F3N3OS. The lowest BCUT2D eigenvalue weighted by molar-refractivity contribution is -0.137. The Balaban J connectivity index is 1.65. The number of halogens is 3. The highest BCUT2D eigenvalue weighted by atomic mass is 32.2. The molecule has 1 aromatic heterocycles. The van der Waals surface area contributed by atoms with Gasteiger partial charge in [-0.15, -0.1) is 0 Å². The van der Waals surface area contributed by atoms with Gasteiger partial charge in [0, 0.05) is 35.7 Å². The molecule has 2 aromatic carbocycles. The minimum absolute atomic E-state index is 0.318. The van der Waals surface area contributed by atoms with E-state index in [1.807, 2.05) is 24.4 Å². The summed E-state index contributed by atoms with van der Waals surface area (Å²) in [6, 6.07) is 10.8. The van der Waals surface area contributed by atoms with E-state index in [4.69, 9.17) is 9.72 Å². The van der Waals surface area contributed by atoms with Crippen LogP contribution >= 0.6 is 11.9 Å². The van der Waals surface area contributed by atoms with Crippen LogP contribution in [0.4, 0.5) is 13.2 Å². The van der Waals surface area contributed by atoms with Crippen LogP contribution in [-0.2, 0) is 19.1 Å². The third-order valence-corrected chi connectivity index (χ3v) is 5.79. The van der Waals surface area contributed by atoms with Crippen LogP contribution < -0.4 is 9.46 Å². The van der Waals surface area contributed by atoms with E-state index in [-0.39, 0.29) is 0 Å². The van der Waals surface area contributed by atoms with Gasteiger partial charge in [-0.3, -0.25) is 4.72 Å². The van der Waals surface area contributed by atoms with Crippen LogP contribution in [0, 0.1) is 0 Å². The van der Waals surface area contributed by atoms with E-state index in [2.05, 4.69) is 23.1 Å². The molecule has 0 radical (unpaired) electrons. The van der Waals surface area contributed by atoms with Crippen LogP contribution in [0.5, 0.6) is 11.5 Å². The van der Waals surface area contributed by atoms with Crippen molar-refractivity contribution >= 4 is 11.9 Å². The zero-order valence-electron chi connectivity index (χ0n) is 16.7. The Labute approximate surface area is 177 Å². The fourth-order valence-corrected chi connectivity index (χ4v) is 3.96. The first-order chi connectivity index (χ1) is 14.3. The third kappa shape index (κ3) is 4.65. The monoisotopic (exact) mass is 433 g/mol. The number of hydrogen-bond acceptors (Lipinski definition) is 4. The molecular weight excluding hydrogens is 411 g/mol. The molecule has 4 nitrogen and oxygen atoms in total. The molecule has 3 aromatic rings. The SMILES string of the molecule is CC(C)NSc1ccc(Oc2ccc(C(F)(F)F)cc2)c(-c2cn3c(n2)CCC3)c1. The van der Waals surface area contributed by atoms with Gasteiger partial charge in [-0.25, -0.2) is 4.98 Å². The number of nitrogens with zero attached hydrogens (tertiary/aromatic N) is 2. The average molecular weight is 433 g/mol. The molecule has 30 heavy (non-hydrogen) atoms. The zero-order valence-corrected chi connectivity index (χ0v) is 17.5. The molecule has 0 saturated heterocycles. The Morgan fingerprint density at radius 2 is 1.90 bits per heavy atom. The van der Waals surface area contributed by atoms with Gasteiger partial charge in [0.1, 0.15) is 17.3 Å². The highest BCUT2D eigenvalue weighted by molar-refractivity contribution is 7.97. The minimum atomic E-state index is -4.37. The average Bonchev–Trinajstić information content (AvgIpc) is 3.29. The largest absolute Gasteiger partial charge is 0.457 e. The van der Waals surface area contributed by atoms with Crippen molar-refractivity contribution in [3.8, 4) is 22.8 Å².